The lowest BCUT2D eigenvalue weighted by molar-refractivity contribution is -0.132. The molecule has 3 aromatic rings. The number of methoxy groups -OCH3 is 2. The van der Waals surface area contributed by atoms with Crippen molar-refractivity contribution >= 4 is 46.3 Å². The van der Waals surface area contributed by atoms with Crippen molar-refractivity contribution in [3.05, 3.63) is 87.4 Å². The number of ether oxygens (including phenoxy) is 3. The van der Waals surface area contributed by atoms with E-state index < -0.39 is 23.5 Å². The van der Waals surface area contributed by atoms with Crippen molar-refractivity contribution in [3.63, 3.8) is 0 Å². The molecule has 0 aliphatic carbocycles. The third-order valence-corrected chi connectivity index (χ3v) is 6.48. The van der Waals surface area contributed by atoms with E-state index in [2.05, 4.69) is 0 Å². The highest BCUT2D eigenvalue weighted by atomic mass is 35.5. The zero-order valence-electron chi connectivity index (χ0n) is 20.5. The Morgan fingerprint density at radius 3 is 2.22 bits per heavy atom. The van der Waals surface area contributed by atoms with Crippen LogP contribution in [0.3, 0.4) is 0 Å². The molecule has 1 aliphatic rings. The van der Waals surface area contributed by atoms with Crippen molar-refractivity contribution in [2.45, 2.75) is 19.4 Å². The van der Waals surface area contributed by atoms with Gasteiger partial charge in [-0.3, -0.25) is 14.5 Å². The molecule has 0 bridgehead atoms. The van der Waals surface area contributed by atoms with Crippen molar-refractivity contribution in [2.24, 2.45) is 0 Å². The van der Waals surface area contributed by atoms with E-state index in [9.17, 15) is 14.7 Å². The molecule has 0 spiro atoms. The van der Waals surface area contributed by atoms with Crippen LogP contribution < -0.4 is 19.1 Å². The van der Waals surface area contributed by atoms with E-state index >= 15 is 0 Å². The van der Waals surface area contributed by atoms with Gasteiger partial charge in [0.15, 0.2) is 5.75 Å². The molecule has 1 unspecified atom stereocenters. The summed E-state index contributed by atoms with van der Waals surface area (Å²) >= 11 is 12.6. The van der Waals surface area contributed by atoms with Crippen LogP contribution in [0, 0.1) is 0 Å². The first-order valence-corrected chi connectivity index (χ1v) is 12.3. The van der Waals surface area contributed by atoms with Crippen LogP contribution in [-0.2, 0) is 9.59 Å². The Kier molecular flexibility index (Phi) is 7.95. The maximum absolute atomic E-state index is 13.4. The van der Waals surface area contributed by atoms with Gasteiger partial charge in [-0.05, 0) is 48.4 Å². The summed E-state index contributed by atoms with van der Waals surface area (Å²) in [6, 6.07) is 15.8. The smallest absolute Gasteiger partial charge is 0.300 e. The summed E-state index contributed by atoms with van der Waals surface area (Å²) in [6.07, 6.45) is 0.852. The van der Waals surface area contributed by atoms with Crippen LogP contribution in [0.2, 0.25) is 10.0 Å². The second-order valence-corrected chi connectivity index (χ2v) is 9.08. The maximum Gasteiger partial charge on any atom is 0.300 e. The summed E-state index contributed by atoms with van der Waals surface area (Å²) in [4.78, 5) is 28.1. The third-order valence-electron chi connectivity index (χ3n) is 5.92. The fourth-order valence-electron chi connectivity index (χ4n) is 4.19. The molecule has 3 aromatic carbocycles. The van der Waals surface area contributed by atoms with Gasteiger partial charge in [-0.25, -0.2) is 0 Å². The molecule has 0 aromatic heterocycles. The van der Waals surface area contributed by atoms with Crippen LogP contribution in [-0.4, -0.2) is 37.6 Å². The molecule has 1 atom stereocenters. The number of carbonyl (C=O) groups excluding carboxylic acids is 2. The van der Waals surface area contributed by atoms with Crippen molar-refractivity contribution in [1.29, 1.82) is 0 Å². The third kappa shape index (κ3) is 5.10. The first-order valence-electron chi connectivity index (χ1n) is 11.5. The van der Waals surface area contributed by atoms with E-state index in [1.807, 2.05) is 6.92 Å². The number of aliphatic hydroxyl groups is 1. The minimum absolute atomic E-state index is 0.104. The minimum Gasteiger partial charge on any atom is -0.507 e. The fraction of sp³-hybridized carbons (Fsp3) is 0.214. The molecule has 192 valence electrons. The monoisotopic (exact) mass is 541 g/mol. The van der Waals surface area contributed by atoms with Gasteiger partial charge >= 0.3 is 0 Å². The van der Waals surface area contributed by atoms with E-state index in [-0.39, 0.29) is 26.9 Å². The first-order chi connectivity index (χ1) is 17.8. The zero-order chi connectivity index (χ0) is 26.7. The molecule has 7 nitrogen and oxygen atoms in total. The van der Waals surface area contributed by atoms with Crippen LogP contribution in [0.5, 0.6) is 17.2 Å². The quantitative estimate of drug-likeness (QED) is 0.201. The summed E-state index contributed by atoms with van der Waals surface area (Å²) in [5, 5.41) is 11.7. The number of hydrogen-bond acceptors (Lipinski definition) is 6. The van der Waals surface area contributed by atoms with Crippen LogP contribution in [0.15, 0.2) is 66.2 Å². The Morgan fingerprint density at radius 2 is 1.62 bits per heavy atom. The molecule has 0 saturated carbocycles. The van der Waals surface area contributed by atoms with Gasteiger partial charge in [-0.15, -0.1) is 0 Å². The van der Waals surface area contributed by atoms with Gasteiger partial charge in [0.25, 0.3) is 11.7 Å². The Balaban J connectivity index is 1.91. The van der Waals surface area contributed by atoms with E-state index in [0.717, 1.165) is 6.42 Å². The molecule has 1 fully saturated rings. The molecule has 1 aliphatic heterocycles. The molecule has 1 N–H and O–H groups in total. The summed E-state index contributed by atoms with van der Waals surface area (Å²) in [5.74, 6) is -0.660. The highest BCUT2D eigenvalue weighted by Crippen LogP contribution is 2.44. The van der Waals surface area contributed by atoms with Crippen LogP contribution in [0.1, 0.15) is 30.5 Å². The lowest BCUT2D eigenvalue weighted by Gasteiger charge is -2.26. The number of aliphatic hydroxyl groups excluding tert-OH is 1. The molecule has 1 saturated heterocycles. The van der Waals surface area contributed by atoms with E-state index in [4.69, 9.17) is 37.4 Å². The topological polar surface area (TPSA) is 85.3 Å². The van der Waals surface area contributed by atoms with Crippen LogP contribution in [0.4, 0.5) is 5.69 Å². The molecule has 4 rings (SSSR count). The van der Waals surface area contributed by atoms with E-state index in [0.29, 0.717) is 29.4 Å². The van der Waals surface area contributed by atoms with Gasteiger partial charge in [-0.1, -0.05) is 48.3 Å². The standard InChI is InChI=1S/C28H25Cl2NO6/c1-4-12-37-19-10-8-16(9-11-19)24-23(25(32)17-13-21(29)27(36-3)22(30)14-17)26(33)28(34)31(24)18-6-5-7-20(15-18)35-2/h5-11,13-15,24,32H,4,12H2,1-3H3/b25-23+. The van der Waals surface area contributed by atoms with Gasteiger partial charge < -0.3 is 19.3 Å². The van der Waals surface area contributed by atoms with Gasteiger partial charge in [0.2, 0.25) is 0 Å². The normalized spacial score (nSPS) is 16.7. The Morgan fingerprint density at radius 1 is 0.946 bits per heavy atom. The average molecular weight is 542 g/mol. The van der Waals surface area contributed by atoms with Crippen LogP contribution >= 0.6 is 23.2 Å². The molecule has 0 radical (unpaired) electrons. The zero-order valence-corrected chi connectivity index (χ0v) is 22.0. The summed E-state index contributed by atoms with van der Waals surface area (Å²) in [7, 11) is 2.93. The lowest BCUT2D eigenvalue weighted by atomic mass is 9.95. The number of ketones is 1. The molecule has 9 heteroatoms. The number of nitrogens with zero attached hydrogens (tertiary/aromatic N) is 1. The largest absolute Gasteiger partial charge is 0.507 e. The number of halogens is 2. The Bertz CT molecular complexity index is 1350. The second kappa shape index (κ2) is 11.2. The molecule has 37 heavy (non-hydrogen) atoms. The number of rotatable bonds is 8. The number of amides is 1. The van der Waals surface area contributed by atoms with Gasteiger partial charge in [-0.2, -0.15) is 0 Å². The maximum atomic E-state index is 13.4. The molecule has 1 amide bonds. The Labute approximate surface area is 224 Å². The van der Waals surface area contributed by atoms with Crippen LogP contribution in [0.25, 0.3) is 5.76 Å². The average Bonchev–Trinajstić information content (AvgIpc) is 3.17. The lowest BCUT2D eigenvalue weighted by Crippen LogP contribution is -2.29. The molecular formula is C28H25Cl2NO6. The number of carbonyl (C=O) groups is 2. The van der Waals surface area contributed by atoms with Gasteiger partial charge in [0.05, 0.1) is 42.5 Å². The predicted molar refractivity (Wildman–Crippen MR) is 143 cm³/mol. The highest BCUT2D eigenvalue weighted by Gasteiger charge is 2.47. The Hall–Kier alpha value is -3.68. The van der Waals surface area contributed by atoms with Gasteiger partial charge in [0, 0.05) is 17.3 Å². The van der Waals surface area contributed by atoms with Crippen molar-refractivity contribution in [1.82, 2.24) is 0 Å². The van der Waals surface area contributed by atoms with E-state index in [1.165, 1.54) is 31.3 Å². The number of Topliss-reactive ketones (excluding diaryl/α,β-unsaturated/α-hetero) is 1. The minimum atomic E-state index is -0.938. The number of anilines is 1. The number of hydrogen-bond donors (Lipinski definition) is 1. The molecular weight excluding hydrogens is 517 g/mol. The second-order valence-electron chi connectivity index (χ2n) is 8.26. The summed E-state index contributed by atoms with van der Waals surface area (Å²) in [6.45, 7) is 2.56. The van der Waals surface area contributed by atoms with Gasteiger partial charge in [0.1, 0.15) is 17.3 Å². The SMILES string of the molecule is CCCOc1ccc(C2/C(=C(\O)c3cc(Cl)c(OC)c(Cl)c3)C(=O)C(=O)N2c2cccc(OC)c2)cc1. The van der Waals surface area contributed by atoms with Crippen molar-refractivity contribution < 1.29 is 28.9 Å². The van der Waals surface area contributed by atoms with E-state index in [1.54, 1.807) is 48.5 Å². The fourth-order valence-corrected chi connectivity index (χ4v) is 4.83. The predicted octanol–water partition coefficient (Wildman–Crippen LogP) is 6.43. The van der Waals surface area contributed by atoms with Crippen molar-refractivity contribution in [3.8, 4) is 17.2 Å². The highest BCUT2D eigenvalue weighted by molar-refractivity contribution is 6.51. The first kappa shape index (κ1) is 26.4. The number of benzene rings is 3. The summed E-state index contributed by atoms with van der Waals surface area (Å²) < 4.78 is 16.2. The molecule has 1 heterocycles. The summed E-state index contributed by atoms with van der Waals surface area (Å²) in [5.41, 5.74) is 1.10. The van der Waals surface area contributed by atoms with Crippen molar-refractivity contribution in [2.75, 3.05) is 25.7 Å².